The Morgan fingerprint density at radius 3 is 1.89 bits per heavy atom. The van der Waals surface area contributed by atoms with Crippen molar-refractivity contribution in [2.45, 2.75) is 45.5 Å². The lowest BCUT2D eigenvalue weighted by atomic mass is 9.81. The molecule has 3 rings (SSSR count). The van der Waals surface area contributed by atoms with Gasteiger partial charge < -0.3 is 10.2 Å². The molecule has 1 amide bonds. The standard InChI is InChI=1S/C27H26ClF6N3O/c1-5-37(6-2)23-14-20(19-9-7-8-10-21(19)28)22(15-35-23)36-24(38)25(3,4)16-11-17(26(29,30)31)13-18(12-16)27(32,33)34/h7-15H,5-6H2,1-4H3,(H,36,38). The van der Waals surface area contributed by atoms with Gasteiger partial charge in [-0.2, -0.15) is 26.3 Å². The zero-order valence-electron chi connectivity index (χ0n) is 21.1. The maximum Gasteiger partial charge on any atom is 0.416 e. The van der Waals surface area contributed by atoms with Gasteiger partial charge in [0.1, 0.15) is 5.82 Å². The number of pyridine rings is 1. The molecule has 0 radical (unpaired) electrons. The van der Waals surface area contributed by atoms with E-state index in [9.17, 15) is 31.1 Å². The van der Waals surface area contributed by atoms with E-state index < -0.39 is 40.4 Å². The van der Waals surface area contributed by atoms with E-state index in [1.165, 1.54) is 20.0 Å². The van der Waals surface area contributed by atoms with E-state index in [0.717, 1.165) is 0 Å². The van der Waals surface area contributed by atoms with Crippen LogP contribution in [0, 0.1) is 0 Å². The van der Waals surface area contributed by atoms with Gasteiger partial charge >= 0.3 is 12.4 Å². The van der Waals surface area contributed by atoms with Gasteiger partial charge in [0.05, 0.1) is 28.4 Å². The molecule has 0 saturated heterocycles. The predicted molar refractivity (Wildman–Crippen MR) is 136 cm³/mol. The van der Waals surface area contributed by atoms with E-state index in [1.807, 2.05) is 18.7 Å². The lowest BCUT2D eigenvalue weighted by Gasteiger charge is -2.27. The molecule has 38 heavy (non-hydrogen) atoms. The van der Waals surface area contributed by atoms with Crippen molar-refractivity contribution in [2.75, 3.05) is 23.3 Å². The van der Waals surface area contributed by atoms with Crippen molar-refractivity contribution in [1.82, 2.24) is 4.98 Å². The van der Waals surface area contributed by atoms with Crippen LogP contribution in [-0.2, 0) is 22.6 Å². The fourth-order valence-electron chi connectivity index (χ4n) is 3.89. The molecule has 204 valence electrons. The van der Waals surface area contributed by atoms with E-state index in [0.29, 0.717) is 47.2 Å². The number of hydrogen-bond acceptors (Lipinski definition) is 3. The highest BCUT2D eigenvalue weighted by Crippen LogP contribution is 2.40. The van der Waals surface area contributed by atoms with Gasteiger partial charge in [0.15, 0.2) is 0 Å². The van der Waals surface area contributed by atoms with E-state index in [1.54, 1.807) is 30.3 Å². The Morgan fingerprint density at radius 2 is 1.39 bits per heavy atom. The molecule has 0 atom stereocenters. The van der Waals surface area contributed by atoms with Gasteiger partial charge in [-0.3, -0.25) is 4.79 Å². The molecule has 0 aliphatic heterocycles. The molecule has 4 nitrogen and oxygen atoms in total. The number of nitrogens with zero attached hydrogens (tertiary/aromatic N) is 2. The topological polar surface area (TPSA) is 45.2 Å². The molecule has 0 spiro atoms. The number of hydrogen-bond donors (Lipinski definition) is 1. The van der Waals surface area contributed by atoms with E-state index in [-0.39, 0.29) is 11.8 Å². The number of carbonyl (C=O) groups excluding carboxylic acids is 1. The molecule has 3 aromatic rings. The van der Waals surface area contributed by atoms with Gasteiger partial charge in [0, 0.05) is 29.2 Å². The molecule has 0 fully saturated rings. The number of amides is 1. The van der Waals surface area contributed by atoms with Crippen LogP contribution < -0.4 is 10.2 Å². The molecule has 0 saturated carbocycles. The first-order chi connectivity index (χ1) is 17.6. The minimum absolute atomic E-state index is 0.0306. The van der Waals surface area contributed by atoms with Crippen molar-refractivity contribution in [1.29, 1.82) is 0 Å². The first-order valence-corrected chi connectivity index (χ1v) is 12.1. The van der Waals surface area contributed by atoms with Crippen LogP contribution in [0.1, 0.15) is 44.4 Å². The van der Waals surface area contributed by atoms with Crippen molar-refractivity contribution in [3.05, 3.63) is 76.4 Å². The van der Waals surface area contributed by atoms with Gasteiger partial charge in [0.2, 0.25) is 5.91 Å². The smallest absolute Gasteiger partial charge is 0.357 e. The van der Waals surface area contributed by atoms with Crippen LogP contribution in [0.25, 0.3) is 11.1 Å². The van der Waals surface area contributed by atoms with Crippen LogP contribution in [0.3, 0.4) is 0 Å². The van der Waals surface area contributed by atoms with Crippen molar-refractivity contribution >= 4 is 29.0 Å². The second-order valence-corrected chi connectivity index (χ2v) is 9.52. The number of rotatable bonds is 7. The summed E-state index contributed by atoms with van der Waals surface area (Å²) in [6.07, 6.45) is -8.68. The van der Waals surface area contributed by atoms with E-state index in [2.05, 4.69) is 10.3 Å². The molecular weight excluding hydrogens is 532 g/mol. The van der Waals surface area contributed by atoms with E-state index in [4.69, 9.17) is 11.6 Å². The maximum absolute atomic E-state index is 13.4. The van der Waals surface area contributed by atoms with Crippen molar-refractivity contribution < 1.29 is 31.1 Å². The fraction of sp³-hybridized carbons (Fsp3) is 0.333. The summed E-state index contributed by atoms with van der Waals surface area (Å²) in [5.74, 6) is -0.217. The Bertz CT molecular complexity index is 1280. The van der Waals surface area contributed by atoms with Gasteiger partial charge in [0.25, 0.3) is 0 Å². The third kappa shape index (κ3) is 6.23. The fourth-order valence-corrected chi connectivity index (χ4v) is 4.13. The lowest BCUT2D eigenvalue weighted by molar-refractivity contribution is -0.143. The number of alkyl halides is 6. The molecule has 1 aromatic heterocycles. The molecule has 0 aliphatic rings. The third-order valence-corrected chi connectivity index (χ3v) is 6.60. The summed E-state index contributed by atoms with van der Waals surface area (Å²) in [7, 11) is 0. The molecule has 11 heteroatoms. The Labute approximate surface area is 221 Å². The van der Waals surface area contributed by atoms with Gasteiger partial charge in [-0.15, -0.1) is 0 Å². The number of nitrogens with one attached hydrogen (secondary N) is 1. The Kier molecular flexibility index (Phi) is 8.36. The molecule has 0 bridgehead atoms. The normalized spacial score (nSPS) is 12.4. The van der Waals surface area contributed by atoms with Crippen LogP contribution in [-0.4, -0.2) is 24.0 Å². The molecule has 1 heterocycles. The van der Waals surface area contributed by atoms with Crippen molar-refractivity contribution in [3.63, 3.8) is 0 Å². The maximum atomic E-state index is 13.4. The second-order valence-electron chi connectivity index (χ2n) is 9.11. The summed E-state index contributed by atoms with van der Waals surface area (Å²) in [6, 6.07) is 9.74. The highest BCUT2D eigenvalue weighted by Gasteiger charge is 2.40. The first kappa shape index (κ1) is 29.3. The van der Waals surface area contributed by atoms with Crippen LogP contribution in [0.2, 0.25) is 5.02 Å². The second kappa shape index (κ2) is 10.8. The molecule has 0 aliphatic carbocycles. The van der Waals surface area contributed by atoms with Gasteiger partial charge in [-0.25, -0.2) is 4.98 Å². The summed E-state index contributed by atoms with van der Waals surface area (Å²) in [5.41, 5.74) is -3.95. The summed E-state index contributed by atoms with van der Waals surface area (Å²) in [4.78, 5) is 19.8. The first-order valence-electron chi connectivity index (χ1n) is 11.7. The number of anilines is 2. The minimum Gasteiger partial charge on any atom is -0.357 e. The number of halogens is 7. The van der Waals surface area contributed by atoms with Crippen LogP contribution in [0.5, 0.6) is 0 Å². The Balaban J connectivity index is 2.10. The number of benzene rings is 2. The van der Waals surface area contributed by atoms with Gasteiger partial charge in [-0.1, -0.05) is 29.8 Å². The van der Waals surface area contributed by atoms with Crippen LogP contribution in [0.15, 0.2) is 54.7 Å². The highest BCUT2D eigenvalue weighted by atomic mass is 35.5. The molecule has 0 unspecified atom stereocenters. The zero-order chi connectivity index (χ0) is 28.5. The number of carbonyl (C=O) groups is 1. The zero-order valence-corrected chi connectivity index (χ0v) is 21.8. The largest absolute Gasteiger partial charge is 0.416 e. The summed E-state index contributed by atoms with van der Waals surface area (Å²) in [5, 5.41) is 3.03. The predicted octanol–water partition coefficient (Wildman–Crippen LogP) is 8.20. The summed E-state index contributed by atoms with van der Waals surface area (Å²) >= 11 is 6.41. The average Bonchev–Trinajstić information content (AvgIpc) is 2.84. The molecule has 1 N–H and O–H groups in total. The van der Waals surface area contributed by atoms with Crippen molar-refractivity contribution in [2.24, 2.45) is 0 Å². The molecular formula is C27H26ClF6N3O. The monoisotopic (exact) mass is 557 g/mol. The van der Waals surface area contributed by atoms with E-state index >= 15 is 0 Å². The molecule has 2 aromatic carbocycles. The van der Waals surface area contributed by atoms with Gasteiger partial charge in [-0.05, 0) is 63.6 Å². The lowest BCUT2D eigenvalue weighted by Crippen LogP contribution is -2.35. The average molecular weight is 558 g/mol. The quantitative estimate of drug-likeness (QED) is 0.298. The summed E-state index contributed by atoms with van der Waals surface area (Å²) < 4.78 is 80.5. The minimum atomic E-state index is -5.04. The SMILES string of the molecule is CCN(CC)c1cc(-c2ccccc2Cl)c(NC(=O)C(C)(C)c2cc(C(F)(F)F)cc(C(F)(F)F)c2)cn1. The summed E-state index contributed by atoms with van der Waals surface area (Å²) in [6.45, 7) is 7.71. The Hall–Kier alpha value is -3.27. The third-order valence-electron chi connectivity index (χ3n) is 6.27. The number of aromatic nitrogens is 1. The van der Waals surface area contributed by atoms with Crippen LogP contribution in [0.4, 0.5) is 37.8 Å². The highest BCUT2D eigenvalue weighted by molar-refractivity contribution is 6.33. The Morgan fingerprint density at radius 1 is 0.868 bits per heavy atom. The van der Waals surface area contributed by atoms with Crippen LogP contribution >= 0.6 is 11.6 Å². The van der Waals surface area contributed by atoms with Crippen molar-refractivity contribution in [3.8, 4) is 11.1 Å².